The van der Waals surface area contributed by atoms with E-state index in [1.54, 1.807) is 36.4 Å². The number of rotatable bonds is 6. The predicted molar refractivity (Wildman–Crippen MR) is 152 cm³/mol. The van der Waals surface area contributed by atoms with Gasteiger partial charge in [-0.15, -0.1) is 0 Å². The van der Waals surface area contributed by atoms with Crippen LogP contribution in [0.15, 0.2) is 59.5 Å². The molecule has 1 fully saturated rings. The van der Waals surface area contributed by atoms with Crippen molar-refractivity contribution in [1.82, 2.24) is 34.3 Å². The number of alkyl halides is 4. The summed E-state index contributed by atoms with van der Waals surface area (Å²) in [6, 6.07) is 9.52. The smallest absolute Gasteiger partial charge is 0.326 e. The highest BCUT2D eigenvalue weighted by Gasteiger charge is 2.40. The number of ketones is 1. The Kier molecular flexibility index (Phi) is 7.39. The molecule has 0 radical (unpaired) electrons. The Bertz CT molecular complexity index is 1960. The average molecular weight is 673 g/mol. The number of carbonyl (C=O) groups is 3. The van der Waals surface area contributed by atoms with Crippen molar-refractivity contribution in [2.24, 2.45) is 0 Å². The quantitative estimate of drug-likeness (QED) is 0.157. The van der Waals surface area contributed by atoms with E-state index in [4.69, 9.17) is 0 Å². The first-order valence-corrected chi connectivity index (χ1v) is 14.0. The Morgan fingerprint density at radius 3 is 2.61 bits per heavy atom. The summed E-state index contributed by atoms with van der Waals surface area (Å²) in [5.41, 5.74) is 0.341. The molecule has 5 aromatic rings. The Morgan fingerprint density at radius 1 is 1.09 bits per heavy atom. The normalized spacial score (nSPS) is 17.0. The molecular weight excluding hydrogens is 652 g/mol. The van der Waals surface area contributed by atoms with Crippen molar-refractivity contribution in [2.45, 2.75) is 38.3 Å². The summed E-state index contributed by atoms with van der Waals surface area (Å²) < 4.78 is 56.6. The van der Waals surface area contributed by atoms with Crippen molar-refractivity contribution in [1.29, 1.82) is 0 Å². The van der Waals surface area contributed by atoms with Gasteiger partial charge in [0.2, 0.25) is 11.8 Å². The van der Waals surface area contributed by atoms with Crippen LogP contribution in [0.4, 0.5) is 23.4 Å². The van der Waals surface area contributed by atoms with Gasteiger partial charge in [-0.05, 0) is 45.8 Å². The van der Waals surface area contributed by atoms with Crippen LogP contribution in [-0.4, -0.2) is 70.6 Å². The largest absolute Gasteiger partial charge is 0.435 e. The van der Waals surface area contributed by atoms with Gasteiger partial charge < -0.3 is 10.2 Å². The molecule has 0 bridgehead atoms. The number of hydrogen-bond acceptors (Lipinski definition) is 7. The monoisotopic (exact) mass is 672 g/mol. The molecule has 2 amide bonds. The molecule has 226 valence electrons. The summed E-state index contributed by atoms with van der Waals surface area (Å²) in [6.07, 6.45) is -3.46. The van der Waals surface area contributed by atoms with Crippen molar-refractivity contribution < 1.29 is 31.9 Å². The van der Waals surface area contributed by atoms with E-state index in [0.29, 0.717) is 26.6 Å². The first kappa shape index (κ1) is 29.3. The molecule has 44 heavy (non-hydrogen) atoms. The number of likely N-dealkylation sites (tertiary alicyclic amines) is 1. The molecule has 1 saturated heterocycles. The first-order chi connectivity index (χ1) is 20.9. The van der Waals surface area contributed by atoms with E-state index in [1.807, 2.05) is 0 Å². The number of aromatic nitrogens is 6. The lowest BCUT2D eigenvalue weighted by Crippen LogP contribution is -2.44. The Balaban J connectivity index is 1.28. The van der Waals surface area contributed by atoms with E-state index in [9.17, 15) is 31.9 Å². The van der Waals surface area contributed by atoms with E-state index in [2.05, 4.69) is 41.4 Å². The molecule has 1 aliphatic heterocycles. The van der Waals surface area contributed by atoms with Gasteiger partial charge in [-0.3, -0.25) is 19.1 Å². The SMILES string of the molecule is CC(=O)c1nn(CC(=O)N2C[C@H](F)C[C@H]2C(=O)Nc2cccc(Br)n2)c2ccc(-c3cnc4cc(C(F)(F)F)nn4c3)cc12. The van der Waals surface area contributed by atoms with Gasteiger partial charge in [-0.1, -0.05) is 12.1 Å². The molecule has 16 heteroatoms. The molecule has 4 aromatic heterocycles. The fourth-order valence-electron chi connectivity index (χ4n) is 5.12. The summed E-state index contributed by atoms with van der Waals surface area (Å²) in [5.74, 6) is -1.32. The van der Waals surface area contributed by atoms with Gasteiger partial charge in [-0.25, -0.2) is 18.9 Å². The van der Waals surface area contributed by atoms with Crippen molar-refractivity contribution in [3.63, 3.8) is 0 Å². The first-order valence-electron chi connectivity index (χ1n) is 13.2. The van der Waals surface area contributed by atoms with Gasteiger partial charge in [0.25, 0.3) is 0 Å². The highest BCUT2D eigenvalue weighted by Crippen LogP contribution is 2.31. The Morgan fingerprint density at radius 2 is 1.89 bits per heavy atom. The third kappa shape index (κ3) is 5.64. The molecule has 11 nitrogen and oxygen atoms in total. The number of benzene rings is 1. The summed E-state index contributed by atoms with van der Waals surface area (Å²) >= 11 is 3.22. The van der Waals surface area contributed by atoms with Gasteiger partial charge in [0.15, 0.2) is 17.1 Å². The molecule has 1 N–H and O–H groups in total. The molecule has 2 atom stereocenters. The lowest BCUT2D eigenvalue weighted by molar-refractivity contribution is -0.141. The van der Waals surface area contributed by atoms with E-state index < -0.39 is 41.7 Å². The molecule has 5 heterocycles. The minimum atomic E-state index is -4.63. The second-order valence-corrected chi connectivity index (χ2v) is 11.0. The maximum absolute atomic E-state index is 14.5. The minimum Gasteiger partial charge on any atom is -0.326 e. The molecular formula is C28H21BrF4N8O3. The van der Waals surface area contributed by atoms with Crippen LogP contribution in [0.2, 0.25) is 0 Å². The molecule has 0 aliphatic carbocycles. The van der Waals surface area contributed by atoms with Crippen molar-refractivity contribution >= 4 is 55.9 Å². The van der Waals surface area contributed by atoms with Crippen LogP contribution in [0.25, 0.3) is 27.7 Å². The fourth-order valence-corrected chi connectivity index (χ4v) is 5.46. The standard InChI is InChI=1S/C28H21BrF4N8O3/c1-14(42)26-18-7-15(16-10-34-24-9-21(28(31,32)33)37-41(24)11-16)5-6-19(18)40(38-26)13-25(43)39-12-17(30)8-20(39)27(44)36-23-4-2-3-22(29)35-23/h2-7,9-11,17,20H,8,12-13H2,1H3,(H,35,36,44)/t17-,20+/m1/s1. The van der Waals surface area contributed by atoms with Gasteiger partial charge in [-0.2, -0.15) is 23.4 Å². The summed E-state index contributed by atoms with van der Waals surface area (Å²) in [6.45, 7) is 0.640. The molecule has 1 aliphatic rings. The Hall–Kier alpha value is -4.73. The molecule has 1 aromatic carbocycles. The number of fused-ring (bicyclic) bond motifs is 2. The van der Waals surface area contributed by atoms with Crippen molar-refractivity contribution in [3.8, 4) is 11.1 Å². The Labute approximate surface area is 254 Å². The number of nitrogens with zero attached hydrogens (tertiary/aromatic N) is 7. The third-order valence-electron chi connectivity index (χ3n) is 7.15. The number of halogens is 5. The number of carbonyl (C=O) groups excluding carboxylic acids is 3. The fraction of sp³-hybridized carbons (Fsp3) is 0.250. The third-order valence-corrected chi connectivity index (χ3v) is 7.59. The highest BCUT2D eigenvalue weighted by atomic mass is 79.9. The van der Waals surface area contributed by atoms with Crippen LogP contribution in [0, 0.1) is 0 Å². The summed E-state index contributed by atoms with van der Waals surface area (Å²) in [4.78, 5) is 48.2. The lowest BCUT2D eigenvalue weighted by Gasteiger charge is -2.23. The maximum atomic E-state index is 14.5. The lowest BCUT2D eigenvalue weighted by atomic mass is 10.0. The number of hydrogen-bond donors (Lipinski definition) is 1. The second-order valence-electron chi connectivity index (χ2n) is 10.2. The van der Waals surface area contributed by atoms with Gasteiger partial charge in [0, 0.05) is 42.8 Å². The molecule has 0 unspecified atom stereocenters. The number of nitrogens with one attached hydrogen (secondary N) is 1. The number of amides is 2. The zero-order valence-corrected chi connectivity index (χ0v) is 24.3. The van der Waals surface area contributed by atoms with Crippen molar-refractivity contribution in [2.75, 3.05) is 11.9 Å². The highest BCUT2D eigenvalue weighted by molar-refractivity contribution is 9.10. The van der Waals surface area contributed by atoms with Gasteiger partial charge in [0.05, 0.1) is 12.1 Å². The molecule has 6 rings (SSSR count). The zero-order chi connectivity index (χ0) is 31.3. The van der Waals surface area contributed by atoms with Crippen LogP contribution < -0.4 is 5.32 Å². The number of pyridine rings is 1. The van der Waals surface area contributed by atoms with Crippen LogP contribution in [-0.2, 0) is 22.3 Å². The van der Waals surface area contributed by atoms with Crippen LogP contribution in [0.5, 0.6) is 0 Å². The van der Waals surface area contributed by atoms with Crippen LogP contribution in [0.1, 0.15) is 29.5 Å². The second kappa shape index (κ2) is 11.1. The van der Waals surface area contributed by atoms with Gasteiger partial charge >= 0.3 is 6.18 Å². The van der Waals surface area contributed by atoms with E-state index in [0.717, 1.165) is 15.5 Å². The van der Waals surface area contributed by atoms with E-state index >= 15 is 0 Å². The number of anilines is 1. The van der Waals surface area contributed by atoms with Crippen LogP contribution in [0.3, 0.4) is 0 Å². The van der Waals surface area contributed by atoms with E-state index in [-0.39, 0.29) is 36.7 Å². The molecule has 0 spiro atoms. The van der Waals surface area contributed by atoms with Gasteiger partial charge in [0.1, 0.15) is 34.9 Å². The predicted octanol–water partition coefficient (Wildman–Crippen LogP) is 4.70. The summed E-state index contributed by atoms with van der Waals surface area (Å²) in [5, 5.41) is 10.9. The molecule has 0 saturated carbocycles. The number of Topliss-reactive ketones (excluding diaryl/α,β-unsaturated/α-hetero) is 1. The van der Waals surface area contributed by atoms with Crippen molar-refractivity contribution in [3.05, 3.63) is 70.8 Å². The van der Waals surface area contributed by atoms with E-state index in [1.165, 1.54) is 24.0 Å². The minimum absolute atomic E-state index is 0.00947. The zero-order valence-electron chi connectivity index (χ0n) is 22.7. The maximum Gasteiger partial charge on any atom is 0.435 e. The van der Waals surface area contributed by atoms with Crippen LogP contribution >= 0.6 is 15.9 Å². The average Bonchev–Trinajstić information content (AvgIpc) is 3.67. The summed E-state index contributed by atoms with van der Waals surface area (Å²) in [7, 11) is 0. The topological polar surface area (TPSA) is 127 Å².